The Morgan fingerprint density at radius 1 is 0.833 bits per heavy atom. The van der Waals surface area contributed by atoms with Crippen molar-refractivity contribution in [3.8, 4) is 22.4 Å². The lowest BCUT2D eigenvalue weighted by Gasteiger charge is -2.15. The van der Waals surface area contributed by atoms with E-state index < -0.39 is 6.09 Å². The van der Waals surface area contributed by atoms with Crippen molar-refractivity contribution in [3.05, 3.63) is 120 Å². The van der Waals surface area contributed by atoms with Crippen molar-refractivity contribution in [2.45, 2.75) is 19.4 Å². The molecule has 0 spiro atoms. The summed E-state index contributed by atoms with van der Waals surface area (Å²) in [6.45, 7) is 0.624. The van der Waals surface area contributed by atoms with Gasteiger partial charge in [-0.3, -0.25) is 10.3 Å². The third-order valence-corrected chi connectivity index (χ3v) is 6.01. The zero-order valence-corrected chi connectivity index (χ0v) is 19.6. The molecule has 178 valence electrons. The van der Waals surface area contributed by atoms with Crippen LogP contribution in [0.5, 0.6) is 0 Å². The number of carbonyl (C=O) groups is 1. The summed E-state index contributed by atoms with van der Waals surface area (Å²) in [5, 5.41) is 20.5. The van der Waals surface area contributed by atoms with Gasteiger partial charge in [-0.1, -0.05) is 78.0 Å². The van der Waals surface area contributed by atoms with Gasteiger partial charge in [0.15, 0.2) is 0 Å². The number of anilines is 1. The topological polar surface area (TPSA) is 92.9 Å². The number of amides is 1. The molecule has 5 rings (SSSR count). The maximum atomic E-state index is 11.5. The first-order chi connectivity index (χ1) is 17.7. The van der Waals surface area contributed by atoms with Crippen molar-refractivity contribution in [2.75, 3.05) is 5.32 Å². The zero-order chi connectivity index (χ0) is 24.7. The van der Waals surface area contributed by atoms with Crippen LogP contribution in [0.2, 0.25) is 0 Å². The lowest BCUT2D eigenvalue weighted by Crippen LogP contribution is -2.11. The standard InChI is InChI=1S/C29H25N5O2/c35-29(36)31-28-24(8-4-10-26(28)23-6-2-1-3-7-23)16-15-21-11-13-22(14-12-21)19-34-20-27(32-33-34)25-9-5-17-30-18-25/h1-14,17-18,20,31H,15-16,19H2,(H,35,36). The highest BCUT2D eigenvalue weighted by Crippen LogP contribution is 2.32. The van der Waals surface area contributed by atoms with E-state index in [0.717, 1.165) is 39.9 Å². The highest BCUT2D eigenvalue weighted by atomic mass is 16.4. The summed E-state index contributed by atoms with van der Waals surface area (Å²) in [6.07, 6.45) is 5.87. The molecule has 2 aromatic heterocycles. The molecule has 0 fully saturated rings. The minimum Gasteiger partial charge on any atom is -0.465 e. The van der Waals surface area contributed by atoms with Gasteiger partial charge >= 0.3 is 6.09 Å². The number of para-hydroxylation sites is 1. The van der Waals surface area contributed by atoms with Gasteiger partial charge in [-0.05, 0) is 47.2 Å². The number of hydrogen-bond donors (Lipinski definition) is 2. The second kappa shape index (κ2) is 10.7. The molecule has 0 aliphatic heterocycles. The Bertz CT molecular complexity index is 1450. The van der Waals surface area contributed by atoms with E-state index in [1.54, 1.807) is 12.4 Å². The van der Waals surface area contributed by atoms with E-state index in [2.05, 4.69) is 44.9 Å². The predicted molar refractivity (Wildman–Crippen MR) is 140 cm³/mol. The van der Waals surface area contributed by atoms with Gasteiger partial charge < -0.3 is 5.11 Å². The van der Waals surface area contributed by atoms with E-state index in [-0.39, 0.29) is 0 Å². The maximum absolute atomic E-state index is 11.5. The van der Waals surface area contributed by atoms with Crippen LogP contribution in [0.3, 0.4) is 0 Å². The minimum absolute atomic E-state index is 0.624. The molecule has 5 aromatic rings. The number of aromatic nitrogens is 4. The van der Waals surface area contributed by atoms with Crippen LogP contribution in [0.15, 0.2) is 104 Å². The summed E-state index contributed by atoms with van der Waals surface area (Å²) in [7, 11) is 0. The van der Waals surface area contributed by atoms with Crippen LogP contribution in [0, 0.1) is 0 Å². The van der Waals surface area contributed by atoms with Crippen LogP contribution in [-0.4, -0.2) is 31.2 Å². The fourth-order valence-electron chi connectivity index (χ4n) is 4.22. The third kappa shape index (κ3) is 5.47. The SMILES string of the molecule is O=C(O)Nc1c(CCc2ccc(Cn3cc(-c4cccnc4)nn3)cc2)cccc1-c1ccccc1. The van der Waals surface area contributed by atoms with E-state index >= 15 is 0 Å². The number of carboxylic acid groups (broad SMARTS) is 1. The fraction of sp³-hybridized carbons (Fsp3) is 0.103. The van der Waals surface area contributed by atoms with Crippen molar-refractivity contribution < 1.29 is 9.90 Å². The monoisotopic (exact) mass is 475 g/mol. The first-order valence-electron chi connectivity index (χ1n) is 11.7. The number of pyridine rings is 1. The van der Waals surface area contributed by atoms with Crippen LogP contribution < -0.4 is 5.32 Å². The van der Waals surface area contributed by atoms with Crippen LogP contribution in [0.4, 0.5) is 10.5 Å². The number of nitrogens with one attached hydrogen (secondary N) is 1. The molecular weight excluding hydrogens is 450 g/mol. The van der Waals surface area contributed by atoms with E-state index in [9.17, 15) is 9.90 Å². The Kier molecular flexibility index (Phi) is 6.80. The summed E-state index contributed by atoms with van der Waals surface area (Å²) < 4.78 is 1.82. The second-order valence-corrected chi connectivity index (χ2v) is 8.50. The van der Waals surface area contributed by atoms with E-state index in [4.69, 9.17) is 0 Å². The molecule has 0 aliphatic carbocycles. The Balaban J connectivity index is 1.27. The van der Waals surface area contributed by atoms with E-state index in [0.29, 0.717) is 18.7 Å². The normalized spacial score (nSPS) is 10.8. The van der Waals surface area contributed by atoms with Crippen molar-refractivity contribution in [1.29, 1.82) is 0 Å². The molecule has 0 saturated carbocycles. The highest BCUT2D eigenvalue weighted by molar-refractivity contribution is 5.92. The molecule has 3 aromatic carbocycles. The summed E-state index contributed by atoms with van der Waals surface area (Å²) in [6, 6.07) is 28.0. The fourth-order valence-corrected chi connectivity index (χ4v) is 4.22. The number of rotatable bonds is 8. The van der Waals surface area contributed by atoms with Crippen LogP contribution >= 0.6 is 0 Å². The predicted octanol–water partition coefficient (Wildman–Crippen LogP) is 5.93. The molecule has 36 heavy (non-hydrogen) atoms. The molecule has 1 amide bonds. The largest absolute Gasteiger partial charge is 0.465 e. The van der Waals surface area contributed by atoms with Gasteiger partial charge in [0.25, 0.3) is 0 Å². The van der Waals surface area contributed by atoms with Crippen LogP contribution in [0.1, 0.15) is 16.7 Å². The maximum Gasteiger partial charge on any atom is 0.409 e. The number of benzene rings is 3. The quantitative estimate of drug-likeness (QED) is 0.290. The average molecular weight is 476 g/mol. The van der Waals surface area contributed by atoms with Gasteiger partial charge in [0, 0.05) is 23.5 Å². The highest BCUT2D eigenvalue weighted by Gasteiger charge is 2.13. The minimum atomic E-state index is -1.07. The van der Waals surface area contributed by atoms with Gasteiger partial charge in [-0.15, -0.1) is 5.10 Å². The van der Waals surface area contributed by atoms with Crippen LogP contribution in [-0.2, 0) is 19.4 Å². The van der Waals surface area contributed by atoms with Gasteiger partial charge in [0.1, 0.15) is 5.69 Å². The Hall–Kier alpha value is -4.78. The first-order valence-corrected chi connectivity index (χ1v) is 11.7. The van der Waals surface area contributed by atoms with E-state index in [1.165, 1.54) is 5.56 Å². The lowest BCUT2D eigenvalue weighted by molar-refractivity contribution is 0.209. The van der Waals surface area contributed by atoms with Gasteiger partial charge in [-0.2, -0.15) is 0 Å². The van der Waals surface area contributed by atoms with Gasteiger partial charge in [0.2, 0.25) is 0 Å². The molecule has 0 unspecified atom stereocenters. The molecule has 7 nitrogen and oxygen atoms in total. The summed E-state index contributed by atoms with van der Waals surface area (Å²) in [5.41, 5.74) is 7.50. The summed E-state index contributed by atoms with van der Waals surface area (Å²) in [4.78, 5) is 15.7. The third-order valence-electron chi connectivity index (χ3n) is 6.01. The lowest BCUT2D eigenvalue weighted by atomic mass is 9.96. The zero-order valence-electron chi connectivity index (χ0n) is 19.6. The van der Waals surface area contributed by atoms with Crippen LogP contribution in [0.25, 0.3) is 22.4 Å². The Labute approximate surface area is 209 Å². The summed E-state index contributed by atoms with van der Waals surface area (Å²) in [5.74, 6) is 0. The second-order valence-electron chi connectivity index (χ2n) is 8.50. The Morgan fingerprint density at radius 3 is 2.36 bits per heavy atom. The summed E-state index contributed by atoms with van der Waals surface area (Å²) >= 11 is 0. The van der Waals surface area contributed by atoms with Gasteiger partial charge in [-0.25, -0.2) is 9.48 Å². The average Bonchev–Trinajstić information content (AvgIpc) is 3.38. The molecule has 2 N–H and O–H groups in total. The van der Waals surface area contributed by atoms with E-state index in [1.807, 2.05) is 71.5 Å². The van der Waals surface area contributed by atoms with Crippen molar-refractivity contribution in [2.24, 2.45) is 0 Å². The Morgan fingerprint density at radius 2 is 1.61 bits per heavy atom. The molecule has 0 radical (unpaired) electrons. The molecule has 2 heterocycles. The van der Waals surface area contributed by atoms with Crippen molar-refractivity contribution >= 4 is 11.8 Å². The molecular formula is C29H25N5O2. The number of aryl methyl sites for hydroxylation is 2. The van der Waals surface area contributed by atoms with Crippen molar-refractivity contribution in [3.63, 3.8) is 0 Å². The molecule has 0 saturated heterocycles. The number of nitrogens with zero attached hydrogens (tertiary/aromatic N) is 4. The number of hydrogen-bond acceptors (Lipinski definition) is 4. The van der Waals surface area contributed by atoms with Gasteiger partial charge in [0.05, 0.1) is 18.4 Å². The molecule has 0 bridgehead atoms. The molecule has 7 heteroatoms. The molecule has 0 atom stereocenters. The smallest absolute Gasteiger partial charge is 0.409 e. The van der Waals surface area contributed by atoms with Crippen molar-refractivity contribution in [1.82, 2.24) is 20.0 Å². The molecule has 0 aliphatic rings. The first kappa shape index (κ1) is 23.0.